The number of anilines is 1. The number of carbonyl (C=O) groups excluding carboxylic acids is 4. The maximum Gasteiger partial charge on any atom is 0.338 e. The zero-order valence-electron chi connectivity index (χ0n) is 18.4. The first-order valence-electron chi connectivity index (χ1n) is 10.5. The number of benzene rings is 2. The Morgan fingerprint density at radius 2 is 1.69 bits per heavy atom. The highest BCUT2D eigenvalue weighted by Crippen LogP contribution is 2.34. The lowest BCUT2D eigenvalue weighted by Crippen LogP contribution is -2.31. The lowest BCUT2D eigenvalue weighted by atomic mass is 10.1. The predicted molar refractivity (Wildman–Crippen MR) is 130 cm³/mol. The monoisotopic (exact) mass is 524 g/mol. The van der Waals surface area contributed by atoms with Crippen molar-refractivity contribution in [3.8, 4) is 0 Å². The number of hydrogen-bond acceptors (Lipinski definition) is 8. The number of imide groups is 1. The molecule has 0 bridgehead atoms. The van der Waals surface area contributed by atoms with Crippen LogP contribution in [0.15, 0.2) is 71.9 Å². The van der Waals surface area contributed by atoms with Gasteiger partial charge in [-0.1, -0.05) is 23.4 Å². The van der Waals surface area contributed by atoms with E-state index in [4.69, 9.17) is 16.3 Å². The standard InChI is InChI=1S/C25H17ClN2O7S/c26-16-7-3-14(4-8-16)19(29)13-35-25(34)15-5-9-17(10-6-15)28-21(30)12-20(23(28)31)36-22-18(24(32)33)2-1-11-27-22/h1-11,20H,12-13H2,(H,32,33). The number of thioether (sulfide) groups is 1. The third-order valence-electron chi connectivity index (χ3n) is 5.22. The molecule has 1 aliphatic heterocycles. The number of ketones is 1. The van der Waals surface area contributed by atoms with Gasteiger partial charge in [-0.3, -0.25) is 14.4 Å². The van der Waals surface area contributed by atoms with Crippen molar-refractivity contribution in [2.45, 2.75) is 16.7 Å². The van der Waals surface area contributed by atoms with E-state index in [1.54, 1.807) is 12.1 Å². The van der Waals surface area contributed by atoms with Gasteiger partial charge in [-0.05, 0) is 60.7 Å². The summed E-state index contributed by atoms with van der Waals surface area (Å²) in [6.07, 6.45) is 1.28. The number of nitrogens with zero attached hydrogens (tertiary/aromatic N) is 2. The Hall–Kier alpha value is -4.02. The number of rotatable bonds is 8. The van der Waals surface area contributed by atoms with Gasteiger partial charge < -0.3 is 9.84 Å². The number of hydrogen-bond donors (Lipinski definition) is 1. The van der Waals surface area contributed by atoms with E-state index in [-0.39, 0.29) is 28.3 Å². The molecule has 1 N–H and O–H groups in total. The molecule has 1 atom stereocenters. The molecule has 2 heterocycles. The largest absolute Gasteiger partial charge is 0.478 e. The van der Waals surface area contributed by atoms with Crippen molar-refractivity contribution >= 4 is 58.6 Å². The summed E-state index contributed by atoms with van der Waals surface area (Å²) in [6, 6.07) is 14.6. The lowest BCUT2D eigenvalue weighted by Gasteiger charge is -2.15. The summed E-state index contributed by atoms with van der Waals surface area (Å²) in [6.45, 7) is -0.462. The summed E-state index contributed by atoms with van der Waals surface area (Å²) in [5.41, 5.74) is 0.675. The molecule has 0 saturated carbocycles. The Bertz CT molecular complexity index is 1360. The average Bonchev–Trinajstić information content (AvgIpc) is 3.15. The van der Waals surface area contributed by atoms with Crippen LogP contribution < -0.4 is 4.90 Å². The van der Waals surface area contributed by atoms with Gasteiger partial charge >= 0.3 is 11.9 Å². The van der Waals surface area contributed by atoms with Crippen molar-refractivity contribution in [2.24, 2.45) is 0 Å². The minimum atomic E-state index is -1.18. The van der Waals surface area contributed by atoms with E-state index in [1.165, 1.54) is 54.7 Å². The molecule has 1 aliphatic rings. The normalized spacial score (nSPS) is 15.1. The van der Waals surface area contributed by atoms with Gasteiger partial charge in [0.25, 0.3) is 0 Å². The van der Waals surface area contributed by atoms with Gasteiger partial charge in [-0.15, -0.1) is 0 Å². The molecule has 3 aromatic rings. The van der Waals surface area contributed by atoms with Gasteiger partial charge in [0.15, 0.2) is 12.4 Å². The number of esters is 1. The van der Waals surface area contributed by atoms with Crippen molar-refractivity contribution in [1.29, 1.82) is 0 Å². The second-order valence-corrected chi connectivity index (χ2v) is 9.22. The van der Waals surface area contributed by atoms with Crippen LogP contribution in [0.2, 0.25) is 5.02 Å². The number of carboxylic acids is 1. The highest BCUT2D eigenvalue weighted by Gasteiger charge is 2.41. The zero-order valence-corrected chi connectivity index (χ0v) is 20.0. The number of pyridine rings is 1. The fourth-order valence-corrected chi connectivity index (χ4v) is 4.66. The molecule has 0 spiro atoms. The fraction of sp³-hybridized carbons (Fsp3) is 0.120. The van der Waals surface area contributed by atoms with Crippen LogP contribution in [0.1, 0.15) is 37.5 Å². The van der Waals surface area contributed by atoms with Crippen molar-refractivity contribution in [2.75, 3.05) is 11.5 Å². The van der Waals surface area contributed by atoms with Crippen molar-refractivity contribution < 1.29 is 33.8 Å². The molecule has 1 unspecified atom stereocenters. The minimum absolute atomic E-state index is 0.0568. The first-order valence-corrected chi connectivity index (χ1v) is 11.8. The predicted octanol–water partition coefficient (Wildman–Crippen LogP) is 3.90. The Morgan fingerprint density at radius 3 is 2.36 bits per heavy atom. The van der Waals surface area contributed by atoms with Crippen LogP contribution in [0.25, 0.3) is 0 Å². The molecule has 4 rings (SSSR count). The number of halogens is 1. The second kappa shape index (κ2) is 10.7. The maximum atomic E-state index is 12.9. The molecule has 9 nitrogen and oxygen atoms in total. The van der Waals surface area contributed by atoms with Crippen LogP contribution in [0.4, 0.5) is 5.69 Å². The molecule has 0 aliphatic carbocycles. The minimum Gasteiger partial charge on any atom is -0.478 e. The first-order chi connectivity index (χ1) is 17.2. The van der Waals surface area contributed by atoms with Crippen LogP contribution in [0, 0.1) is 0 Å². The Labute approximate surface area is 214 Å². The number of amides is 2. The number of aromatic carboxylic acids is 1. The van der Waals surface area contributed by atoms with Crippen LogP contribution in [-0.2, 0) is 14.3 Å². The Balaban J connectivity index is 1.40. The van der Waals surface area contributed by atoms with E-state index in [2.05, 4.69) is 4.98 Å². The zero-order chi connectivity index (χ0) is 25.8. The van der Waals surface area contributed by atoms with E-state index in [0.717, 1.165) is 16.7 Å². The molecule has 11 heteroatoms. The molecule has 1 fully saturated rings. The summed E-state index contributed by atoms with van der Waals surface area (Å²) in [5.74, 6) is -3.30. The topological polar surface area (TPSA) is 131 Å². The second-order valence-electron chi connectivity index (χ2n) is 7.59. The van der Waals surface area contributed by atoms with Crippen LogP contribution in [-0.4, -0.2) is 51.5 Å². The number of aromatic nitrogens is 1. The Morgan fingerprint density at radius 1 is 1.03 bits per heavy atom. The van der Waals surface area contributed by atoms with E-state index >= 15 is 0 Å². The smallest absolute Gasteiger partial charge is 0.338 e. The summed E-state index contributed by atoms with van der Waals surface area (Å²) in [7, 11) is 0. The van der Waals surface area contributed by atoms with Gasteiger partial charge in [0.1, 0.15) is 5.03 Å². The van der Waals surface area contributed by atoms with Gasteiger partial charge in [0.2, 0.25) is 11.8 Å². The summed E-state index contributed by atoms with van der Waals surface area (Å²) in [5, 5.41) is 9.10. The molecular weight excluding hydrogens is 508 g/mol. The van der Waals surface area contributed by atoms with Gasteiger partial charge in [-0.2, -0.15) is 0 Å². The van der Waals surface area contributed by atoms with E-state index in [1.807, 2.05) is 0 Å². The number of carboxylic acid groups (broad SMARTS) is 1. The summed E-state index contributed by atoms with van der Waals surface area (Å²) in [4.78, 5) is 66.4. The molecule has 2 aromatic carbocycles. The van der Waals surface area contributed by atoms with E-state index in [9.17, 15) is 29.1 Å². The van der Waals surface area contributed by atoms with E-state index < -0.39 is 41.4 Å². The Kier molecular flexibility index (Phi) is 7.47. The average molecular weight is 525 g/mol. The summed E-state index contributed by atoms with van der Waals surface area (Å²) >= 11 is 6.71. The molecule has 1 aromatic heterocycles. The SMILES string of the molecule is O=C(COC(=O)c1ccc(N2C(=O)CC(Sc3ncccc3C(=O)O)C2=O)cc1)c1ccc(Cl)cc1. The molecule has 36 heavy (non-hydrogen) atoms. The fourth-order valence-electron chi connectivity index (χ4n) is 3.43. The summed E-state index contributed by atoms with van der Waals surface area (Å²) < 4.78 is 5.07. The first kappa shape index (κ1) is 25.1. The van der Waals surface area contributed by atoms with Crippen molar-refractivity contribution in [3.05, 3.63) is 88.6 Å². The molecular formula is C25H17ClN2O7S. The number of carbonyl (C=O) groups is 5. The number of Topliss-reactive ketones (excluding diaryl/α,β-unsaturated/α-hetero) is 1. The van der Waals surface area contributed by atoms with Gasteiger partial charge in [-0.25, -0.2) is 19.5 Å². The molecule has 182 valence electrons. The van der Waals surface area contributed by atoms with Gasteiger partial charge in [0, 0.05) is 23.2 Å². The third kappa shape index (κ3) is 5.45. The maximum absolute atomic E-state index is 12.9. The molecule has 0 radical (unpaired) electrons. The van der Waals surface area contributed by atoms with Crippen LogP contribution >= 0.6 is 23.4 Å². The van der Waals surface area contributed by atoms with Crippen molar-refractivity contribution in [1.82, 2.24) is 4.98 Å². The molecule has 2 amide bonds. The van der Waals surface area contributed by atoms with Crippen LogP contribution in [0.5, 0.6) is 0 Å². The highest BCUT2D eigenvalue weighted by molar-refractivity contribution is 8.00. The lowest BCUT2D eigenvalue weighted by molar-refractivity contribution is -0.121. The number of ether oxygens (including phenoxy) is 1. The molecule has 1 saturated heterocycles. The quantitative estimate of drug-likeness (QED) is 0.265. The van der Waals surface area contributed by atoms with E-state index in [0.29, 0.717) is 10.6 Å². The van der Waals surface area contributed by atoms with Crippen LogP contribution in [0.3, 0.4) is 0 Å². The van der Waals surface area contributed by atoms with Crippen molar-refractivity contribution in [3.63, 3.8) is 0 Å². The van der Waals surface area contributed by atoms with Gasteiger partial charge in [0.05, 0.1) is 22.1 Å². The third-order valence-corrected chi connectivity index (χ3v) is 6.68. The highest BCUT2D eigenvalue weighted by atomic mass is 35.5.